The van der Waals surface area contributed by atoms with Crippen molar-refractivity contribution in [3.63, 3.8) is 0 Å². The normalized spacial score (nSPS) is 23.1. The molecule has 2 aromatic heterocycles. The molecule has 2 atom stereocenters. The third kappa shape index (κ3) is 5.51. The van der Waals surface area contributed by atoms with Crippen LogP contribution in [0.5, 0.6) is 0 Å². The van der Waals surface area contributed by atoms with E-state index in [2.05, 4.69) is 20.3 Å². The highest BCUT2D eigenvalue weighted by atomic mass is 35.5. The summed E-state index contributed by atoms with van der Waals surface area (Å²) in [4.78, 5) is 13.2. The number of hydrogen-bond acceptors (Lipinski definition) is 8. The van der Waals surface area contributed by atoms with Gasteiger partial charge in [0.05, 0.1) is 12.4 Å². The molecule has 2 aliphatic rings. The molecule has 0 radical (unpaired) electrons. The van der Waals surface area contributed by atoms with Gasteiger partial charge in [0.25, 0.3) is 0 Å². The highest BCUT2D eigenvalue weighted by molar-refractivity contribution is 6.28. The molecule has 28 heavy (non-hydrogen) atoms. The summed E-state index contributed by atoms with van der Waals surface area (Å²) < 4.78 is 7.89. The molecule has 2 fully saturated rings. The Morgan fingerprint density at radius 3 is 2.54 bits per heavy atom. The summed E-state index contributed by atoms with van der Waals surface area (Å²) in [5.41, 5.74) is 7.16. The quantitative estimate of drug-likeness (QED) is 0.443. The number of nitrogens with one attached hydrogen (secondary N) is 1. The first-order valence-corrected chi connectivity index (χ1v) is 10.1. The van der Waals surface area contributed by atoms with Gasteiger partial charge in [-0.05, 0) is 51.1 Å². The fourth-order valence-corrected chi connectivity index (χ4v) is 3.69. The van der Waals surface area contributed by atoms with Crippen LogP contribution in [0.1, 0.15) is 58.6 Å². The number of fused-ring (bicyclic) bond motifs is 1. The van der Waals surface area contributed by atoms with Gasteiger partial charge in [-0.2, -0.15) is 9.97 Å². The summed E-state index contributed by atoms with van der Waals surface area (Å²) in [6.45, 7) is 3.13. The lowest BCUT2D eigenvalue weighted by atomic mass is 10.2. The molecule has 2 unspecified atom stereocenters. The maximum Gasteiger partial charge on any atom is 0.226 e. The van der Waals surface area contributed by atoms with E-state index in [-0.39, 0.29) is 17.6 Å². The Balaban J connectivity index is 0.000000403. The van der Waals surface area contributed by atoms with Crippen LogP contribution in [0.3, 0.4) is 0 Å². The number of halogens is 1. The maximum absolute atomic E-state index is 8.08. The molecule has 1 aliphatic heterocycles. The van der Waals surface area contributed by atoms with Crippen molar-refractivity contribution in [3.05, 3.63) is 11.6 Å². The maximum atomic E-state index is 8.08. The predicted octanol–water partition coefficient (Wildman–Crippen LogP) is 2.18. The summed E-state index contributed by atoms with van der Waals surface area (Å²) in [5, 5.41) is 19.9. The standard InChI is InChI=1S/C15H21ClN6O.C3H8O2/c16-15-20-13(19-9-3-1-2-4-9)12-14(21-15)22(8-18-12)11-6-5-10(7-17)23-11;1-3(2,4)5/h8-11H,1-7,17H2,(H,19,20,21);4-5H,1-2H3. The van der Waals surface area contributed by atoms with Crippen LogP contribution in [-0.4, -0.2) is 54.2 Å². The molecule has 0 amide bonds. The van der Waals surface area contributed by atoms with Crippen LogP contribution in [0.4, 0.5) is 5.82 Å². The topological polar surface area (TPSA) is 131 Å². The molecule has 1 saturated carbocycles. The van der Waals surface area contributed by atoms with Crippen molar-refractivity contribution < 1.29 is 14.9 Å². The number of imidazole rings is 1. The first kappa shape index (κ1) is 21.2. The van der Waals surface area contributed by atoms with Crippen LogP contribution >= 0.6 is 11.6 Å². The van der Waals surface area contributed by atoms with Crippen molar-refractivity contribution in [3.8, 4) is 0 Å². The number of rotatable bonds is 4. The molecule has 3 heterocycles. The van der Waals surface area contributed by atoms with Crippen LogP contribution in [-0.2, 0) is 4.74 Å². The van der Waals surface area contributed by atoms with Gasteiger partial charge in [-0.25, -0.2) is 4.98 Å². The second kappa shape index (κ2) is 8.87. The first-order chi connectivity index (χ1) is 13.2. The zero-order valence-corrected chi connectivity index (χ0v) is 17.1. The molecular weight excluding hydrogens is 384 g/mol. The van der Waals surface area contributed by atoms with E-state index in [1.165, 1.54) is 26.7 Å². The van der Waals surface area contributed by atoms with Gasteiger partial charge >= 0.3 is 0 Å². The Labute approximate surface area is 169 Å². The van der Waals surface area contributed by atoms with Crippen LogP contribution in [0.2, 0.25) is 5.28 Å². The van der Waals surface area contributed by atoms with Crippen LogP contribution in [0.15, 0.2) is 6.33 Å². The van der Waals surface area contributed by atoms with Crippen molar-refractivity contribution >= 4 is 28.6 Å². The summed E-state index contributed by atoms with van der Waals surface area (Å²) in [7, 11) is 0. The lowest BCUT2D eigenvalue weighted by Gasteiger charge is -2.15. The molecule has 0 spiro atoms. The van der Waals surface area contributed by atoms with Crippen LogP contribution < -0.4 is 11.1 Å². The van der Waals surface area contributed by atoms with Crippen molar-refractivity contribution in [2.75, 3.05) is 11.9 Å². The fourth-order valence-electron chi connectivity index (χ4n) is 3.53. The summed E-state index contributed by atoms with van der Waals surface area (Å²) in [6.07, 6.45) is 8.47. The Morgan fingerprint density at radius 2 is 1.93 bits per heavy atom. The molecule has 10 heteroatoms. The number of nitrogens with two attached hydrogens (primary N) is 1. The SMILES string of the molecule is CC(C)(O)O.NCC1CCC(n2cnc3c(NC4CCCC4)nc(Cl)nc32)O1. The number of anilines is 1. The average Bonchev–Trinajstić information content (AvgIpc) is 3.32. The third-order valence-corrected chi connectivity index (χ3v) is 4.92. The van der Waals surface area contributed by atoms with E-state index >= 15 is 0 Å². The van der Waals surface area contributed by atoms with E-state index < -0.39 is 5.79 Å². The van der Waals surface area contributed by atoms with E-state index in [1.807, 2.05) is 4.57 Å². The van der Waals surface area contributed by atoms with E-state index in [0.29, 0.717) is 18.2 Å². The molecule has 156 valence electrons. The Bertz CT molecular complexity index is 781. The van der Waals surface area contributed by atoms with Gasteiger partial charge in [-0.1, -0.05) is 12.8 Å². The van der Waals surface area contributed by atoms with E-state index in [9.17, 15) is 0 Å². The molecule has 9 nitrogen and oxygen atoms in total. The van der Waals surface area contributed by atoms with Crippen LogP contribution in [0, 0.1) is 0 Å². The van der Waals surface area contributed by atoms with Gasteiger partial charge in [0.2, 0.25) is 5.28 Å². The molecule has 1 saturated heterocycles. The van der Waals surface area contributed by atoms with Crippen molar-refractivity contribution in [1.82, 2.24) is 19.5 Å². The molecule has 0 bridgehead atoms. The largest absolute Gasteiger partial charge is 0.366 e. The minimum atomic E-state index is -1.50. The third-order valence-electron chi connectivity index (χ3n) is 4.75. The molecule has 1 aliphatic carbocycles. The second-order valence-corrected chi connectivity index (χ2v) is 8.15. The molecular formula is C18H29ClN6O3. The number of nitrogens with zero attached hydrogens (tertiary/aromatic N) is 4. The monoisotopic (exact) mass is 412 g/mol. The smallest absolute Gasteiger partial charge is 0.226 e. The van der Waals surface area contributed by atoms with Crippen LogP contribution in [0.25, 0.3) is 11.2 Å². The lowest BCUT2D eigenvalue weighted by Crippen LogP contribution is -2.20. The van der Waals surface area contributed by atoms with Gasteiger partial charge < -0.3 is 26.0 Å². The van der Waals surface area contributed by atoms with Gasteiger partial charge in [0.1, 0.15) is 6.23 Å². The molecule has 2 aromatic rings. The second-order valence-electron chi connectivity index (χ2n) is 7.81. The zero-order valence-electron chi connectivity index (χ0n) is 16.3. The predicted molar refractivity (Wildman–Crippen MR) is 107 cm³/mol. The van der Waals surface area contributed by atoms with Crippen molar-refractivity contribution in [2.45, 2.75) is 76.5 Å². The molecule has 5 N–H and O–H groups in total. The lowest BCUT2D eigenvalue weighted by molar-refractivity contribution is -0.127. The highest BCUT2D eigenvalue weighted by Crippen LogP contribution is 2.32. The summed E-state index contributed by atoms with van der Waals surface area (Å²) >= 11 is 6.14. The number of hydrogen-bond donors (Lipinski definition) is 4. The van der Waals surface area contributed by atoms with Gasteiger partial charge in [-0.15, -0.1) is 0 Å². The minimum Gasteiger partial charge on any atom is -0.366 e. The van der Waals surface area contributed by atoms with E-state index in [0.717, 1.165) is 37.0 Å². The highest BCUT2D eigenvalue weighted by Gasteiger charge is 2.28. The van der Waals surface area contributed by atoms with Crippen molar-refractivity contribution in [1.29, 1.82) is 0 Å². The number of aliphatic hydroxyl groups is 2. The Hall–Kier alpha value is -1.52. The average molecular weight is 413 g/mol. The van der Waals surface area contributed by atoms with E-state index in [4.69, 9.17) is 32.3 Å². The van der Waals surface area contributed by atoms with Gasteiger partial charge in [-0.3, -0.25) is 4.57 Å². The van der Waals surface area contributed by atoms with Gasteiger partial charge in [0.15, 0.2) is 22.8 Å². The Kier molecular flexibility index (Phi) is 6.72. The minimum absolute atomic E-state index is 0.0844. The number of aromatic nitrogens is 4. The van der Waals surface area contributed by atoms with Crippen molar-refractivity contribution in [2.24, 2.45) is 5.73 Å². The number of ether oxygens (including phenoxy) is 1. The fraction of sp³-hybridized carbons (Fsp3) is 0.722. The zero-order chi connectivity index (χ0) is 20.3. The molecule has 0 aromatic carbocycles. The molecule has 4 rings (SSSR count). The summed E-state index contributed by atoms with van der Waals surface area (Å²) in [6, 6.07) is 0.443. The van der Waals surface area contributed by atoms with Gasteiger partial charge in [0, 0.05) is 12.6 Å². The Morgan fingerprint density at radius 1 is 1.25 bits per heavy atom. The summed E-state index contributed by atoms with van der Waals surface area (Å²) in [5.74, 6) is -0.779. The first-order valence-electron chi connectivity index (χ1n) is 9.71. The van der Waals surface area contributed by atoms with E-state index in [1.54, 1.807) is 6.33 Å².